The first kappa shape index (κ1) is 30.8. The predicted octanol–water partition coefficient (Wildman–Crippen LogP) is 11.8. The van der Waals surface area contributed by atoms with Gasteiger partial charge in [0.05, 0.1) is 5.56 Å². The third kappa shape index (κ3) is 7.46. The Labute approximate surface area is 250 Å². The van der Waals surface area contributed by atoms with Gasteiger partial charge in [-0.3, -0.25) is 0 Å². The quantitative estimate of drug-likeness (QED) is 0.124. The molecular weight excluding hydrogens is 555 g/mol. The number of benzene rings is 4. The van der Waals surface area contributed by atoms with Crippen LogP contribution in [0.5, 0.6) is 5.75 Å². The molecule has 6 heteroatoms. The van der Waals surface area contributed by atoms with Gasteiger partial charge in [0.25, 0.3) is 0 Å². The zero-order chi connectivity index (χ0) is 30.4. The number of alkyl halides is 3. The SMILES string of the molecule is CCCCCC1CCC(c2ccc(-c3ccc(-c4ccc(C(F)(F)Oc5ccc(CF)cc5)cc4)c(F)c3)c(F)c2)CC1. The highest BCUT2D eigenvalue weighted by molar-refractivity contribution is 5.71. The smallest absolute Gasteiger partial charge is 0.426 e. The first-order chi connectivity index (χ1) is 20.8. The van der Waals surface area contributed by atoms with E-state index in [9.17, 15) is 13.2 Å². The van der Waals surface area contributed by atoms with Gasteiger partial charge in [0, 0.05) is 11.1 Å². The molecular formula is C37H37F5O. The van der Waals surface area contributed by atoms with Crippen LogP contribution in [0.25, 0.3) is 22.3 Å². The van der Waals surface area contributed by atoms with E-state index in [0.717, 1.165) is 24.3 Å². The minimum atomic E-state index is -3.64. The van der Waals surface area contributed by atoms with Crippen LogP contribution in [0.1, 0.15) is 80.9 Å². The van der Waals surface area contributed by atoms with Gasteiger partial charge in [0.2, 0.25) is 0 Å². The van der Waals surface area contributed by atoms with Crippen molar-refractivity contribution >= 4 is 0 Å². The average Bonchev–Trinajstić information content (AvgIpc) is 3.02. The fourth-order valence-corrected chi connectivity index (χ4v) is 6.10. The molecule has 1 aliphatic carbocycles. The highest BCUT2D eigenvalue weighted by atomic mass is 19.3. The minimum absolute atomic E-state index is 0.0987. The van der Waals surface area contributed by atoms with Crippen LogP contribution in [0.3, 0.4) is 0 Å². The van der Waals surface area contributed by atoms with Gasteiger partial charge in [0.1, 0.15) is 24.1 Å². The lowest BCUT2D eigenvalue weighted by Gasteiger charge is -2.29. The van der Waals surface area contributed by atoms with Crippen molar-refractivity contribution in [3.05, 3.63) is 113 Å². The molecule has 5 rings (SSSR count). The van der Waals surface area contributed by atoms with Crippen molar-refractivity contribution in [3.63, 3.8) is 0 Å². The molecule has 4 aromatic carbocycles. The standard InChI is InChI=1S/C37H37F5O/c1-2-3-4-5-25-6-10-27(11-7-25)29-14-20-34(35(39)22-29)30-15-21-33(36(40)23-30)28-12-16-31(17-13-28)37(41,42)43-32-18-8-26(24-38)9-19-32/h8-9,12-23,25,27H,2-7,10-11,24H2,1H3. The van der Waals surface area contributed by atoms with Crippen molar-refractivity contribution in [3.8, 4) is 28.0 Å². The molecule has 1 aliphatic rings. The van der Waals surface area contributed by atoms with Gasteiger partial charge in [-0.1, -0.05) is 81.1 Å². The molecule has 0 saturated heterocycles. The molecule has 226 valence electrons. The summed E-state index contributed by atoms with van der Waals surface area (Å²) in [7, 11) is 0. The number of halogens is 5. The van der Waals surface area contributed by atoms with E-state index in [1.165, 1.54) is 99.2 Å². The van der Waals surface area contributed by atoms with E-state index in [1.807, 2.05) is 6.07 Å². The summed E-state index contributed by atoms with van der Waals surface area (Å²) in [5, 5.41) is 0. The van der Waals surface area contributed by atoms with Crippen LogP contribution in [-0.2, 0) is 12.8 Å². The molecule has 0 amide bonds. The van der Waals surface area contributed by atoms with Gasteiger partial charge < -0.3 is 4.74 Å². The summed E-state index contributed by atoms with van der Waals surface area (Å²) in [6.45, 7) is 1.53. The van der Waals surface area contributed by atoms with Crippen LogP contribution in [0, 0.1) is 17.6 Å². The Morgan fingerprint density at radius 2 is 1.35 bits per heavy atom. The number of ether oxygens (including phenoxy) is 1. The maximum Gasteiger partial charge on any atom is 0.426 e. The first-order valence-corrected chi connectivity index (χ1v) is 15.2. The van der Waals surface area contributed by atoms with Crippen molar-refractivity contribution in [2.75, 3.05) is 0 Å². The fraction of sp³-hybridized carbons (Fsp3) is 0.351. The summed E-state index contributed by atoms with van der Waals surface area (Å²) >= 11 is 0. The van der Waals surface area contributed by atoms with Gasteiger partial charge in [-0.25, -0.2) is 13.2 Å². The molecule has 0 spiro atoms. The summed E-state index contributed by atoms with van der Waals surface area (Å²) in [6, 6.07) is 20.2. The van der Waals surface area contributed by atoms with Gasteiger partial charge in [-0.2, -0.15) is 8.78 Å². The molecule has 0 heterocycles. The highest BCUT2D eigenvalue weighted by Crippen LogP contribution is 2.39. The maximum atomic E-state index is 15.3. The molecule has 0 radical (unpaired) electrons. The van der Waals surface area contributed by atoms with Crippen LogP contribution in [0.2, 0.25) is 0 Å². The number of hydrogen-bond acceptors (Lipinski definition) is 1. The van der Waals surface area contributed by atoms with Gasteiger partial charge >= 0.3 is 6.11 Å². The Bertz CT molecular complexity index is 1490. The van der Waals surface area contributed by atoms with E-state index < -0.39 is 24.2 Å². The molecule has 0 atom stereocenters. The Hall–Kier alpha value is -3.67. The van der Waals surface area contributed by atoms with Crippen LogP contribution in [0.4, 0.5) is 22.0 Å². The molecule has 0 unspecified atom stereocenters. The lowest BCUT2D eigenvalue weighted by atomic mass is 9.77. The van der Waals surface area contributed by atoms with Crippen LogP contribution < -0.4 is 4.74 Å². The first-order valence-electron chi connectivity index (χ1n) is 15.2. The summed E-state index contributed by atoms with van der Waals surface area (Å²) in [5.74, 6) is 0.0828. The molecule has 1 fully saturated rings. The van der Waals surface area contributed by atoms with E-state index in [1.54, 1.807) is 18.2 Å². The summed E-state index contributed by atoms with van der Waals surface area (Å²) in [5.41, 5.74) is 2.32. The van der Waals surface area contributed by atoms with Crippen LogP contribution >= 0.6 is 0 Å². The summed E-state index contributed by atoms with van der Waals surface area (Å²) in [4.78, 5) is 0. The molecule has 43 heavy (non-hydrogen) atoms. The topological polar surface area (TPSA) is 9.23 Å². The second-order valence-corrected chi connectivity index (χ2v) is 11.6. The van der Waals surface area contributed by atoms with E-state index in [0.29, 0.717) is 28.2 Å². The molecule has 1 nitrogen and oxygen atoms in total. The third-order valence-corrected chi connectivity index (χ3v) is 8.66. The minimum Gasteiger partial charge on any atom is -0.429 e. The second kappa shape index (κ2) is 13.7. The molecule has 4 aromatic rings. The van der Waals surface area contributed by atoms with E-state index in [4.69, 9.17) is 4.74 Å². The Morgan fingerprint density at radius 3 is 1.98 bits per heavy atom. The zero-order valence-electron chi connectivity index (χ0n) is 24.4. The molecule has 0 aliphatic heterocycles. The van der Waals surface area contributed by atoms with Crippen molar-refractivity contribution in [1.82, 2.24) is 0 Å². The number of rotatable bonds is 11. The largest absolute Gasteiger partial charge is 0.429 e. The lowest BCUT2D eigenvalue weighted by molar-refractivity contribution is -0.185. The lowest BCUT2D eigenvalue weighted by Crippen LogP contribution is -2.21. The van der Waals surface area contributed by atoms with Crippen molar-refractivity contribution in [2.24, 2.45) is 5.92 Å². The Morgan fingerprint density at radius 1 is 0.721 bits per heavy atom. The van der Waals surface area contributed by atoms with Crippen molar-refractivity contribution in [2.45, 2.75) is 77.0 Å². The molecule has 1 saturated carbocycles. The van der Waals surface area contributed by atoms with E-state index in [2.05, 4.69) is 6.92 Å². The molecule has 0 aromatic heterocycles. The zero-order valence-corrected chi connectivity index (χ0v) is 24.4. The van der Waals surface area contributed by atoms with Crippen LogP contribution in [-0.4, -0.2) is 0 Å². The van der Waals surface area contributed by atoms with Gasteiger partial charge in [-0.05, 0) is 96.2 Å². The molecule has 0 N–H and O–H groups in total. The highest BCUT2D eigenvalue weighted by Gasteiger charge is 2.34. The monoisotopic (exact) mass is 592 g/mol. The van der Waals surface area contributed by atoms with E-state index in [-0.39, 0.29) is 17.1 Å². The van der Waals surface area contributed by atoms with Crippen molar-refractivity contribution in [1.29, 1.82) is 0 Å². The van der Waals surface area contributed by atoms with Crippen LogP contribution in [0.15, 0.2) is 84.9 Å². The molecule has 0 bridgehead atoms. The van der Waals surface area contributed by atoms with Crippen molar-refractivity contribution < 1.29 is 26.7 Å². The Kier molecular flexibility index (Phi) is 9.84. The maximum absolute atomic E-state index is 15.3. The van der Waals surface area contributed by atoms with Gasteiger partial charge in [0.15, 0.2) is 0 Å². The van der Waals surface area contributed by atoms with Gasteiger partial charge in [-0.15, -0.1) is 0 Å². The number of hydrogen-bond donors (Lipinski definition) is 0. The summed E-state index contributed by atoms with van der Waals surface area (Å²) in [6.07, 6.45) is 5.98. The normalized spacial score (nSPS) is 17.2. The van der Waals surface area contributed by atoms with E-state index >= 15 is 8.78 Å². The fourth-order valence-electron chi connectivity index (χ4n) is 6.10. The summed E-state index contributed by atoms with van der Waals surface area (Å²) < 4.78 is 77.5. The number of unbranched alkanes of at least 4 members (excludes halogenated alkanes) is 2. The third-order valence-electron chi connectivity index (χ3n) is 8.66. The second-order valence-electron chi connectivity index (χ2n) is 11.6. The predicted molar refractivity (Wildman–Crippen MR) is 162 cm³/mol. The Balaban J connectivity index is 1.25. The average molecular weight is 593 g/mol.